The summed E-state index contributed by atoms with van der Waals surface area (Å²) in [4.78, 5) is 30.7. The fourth-order valence-corrected chi connectivity index (χ4v) is 3.73. The van der Waals surface area contributed by atoms with Crippen LogP contribution in [0.4, 0.5) is 10.5 Å². The first-order valence-electron chi connectivity index (χ1n) is 10.9. The lowest BCUT2D eigenvalue weighted by molar-refractivity contribution is 0.206. The highest BCUT2D eigenvalue weighted by molar-refractivity contribution is 5.91. The minimum atomic E-state index is -0.334. The molecule has 0 aliphatic heterocycles. The van der Waals surface area contributed by atoms with Crippen molar-refractivity contribution in [3.05, 3.63) is 99.8 Å². The molecule has 0 radical (unpaired) electrons. The molecular formula is C27H27N3O4. The Kier molecular flexibility index (Phi) is 6.82. The lowest BCUT2D eigenvalue weighted by Crippen LogP contribution is -2.35. The van der Waals surface area contributed by atoms with E-state index in [0.717, 1.165) is 16.5 Å². The van der Waals surface area contributed by atoms with Gasteiger partial charge in [-0.2, -0.15) is 0 Å². The molecule has 34 heavy (non-hydrogen) atoms. The number of ether oxygens (including phenoxy) is 2. The molecule has 0 saturated carbocycles. The molecule has 2 N–H and O–H groups in total. The number of methoxy groups -OCH3 is 2. The zero-order valence-electron chi connectivity index (χ0n) is 19.4. The largest absolute Gasteiger partial charge is 0.497 e. The normalized spacial score (nSPS) is 10.7. The molecule has 4 rings (SSSR count). The maximum absolute atomic E-state index is 13.3. The Morgan fingerprint density at radius 3 is 2.44 bits per heavy atom. The van der Waals surface area contributed by atoms with Gasteiger partial charge in [0.2, 0.25) is 0 Å². The van der Waals surface area contributed by atoms with Crippen LogP contribution in [0.2, 0.25) is 0 Å². The van der Waals surface area contributed by atoms with E-state index in [1.54, 1.807) is 37.3 Å². The molecule has 4 aromatic rings. The van der Waals surface area contributed by atoms with Crippen molar-refractivity contribution in [2.24, 2.45) is 0 Å². The first-order chi connectivity index (χ1) is 16.5. The number of urea groups is 1. The Morgan fingerprint density at radius 1 is 0.941 bits per heavy atom. The van der Waals surface area contributed by atoms with Crippen molar-refractivity contribution in [2.45, 2.75) is 20.0 Å². The molecule has 0 fully saturated rings. The van der Waals surface area contributed by atoms with Crippen LogP contribution in [-0.4, -0.2) is 30.1 Å². The number of carbonyl (C=O) groups is 1. The van der Waals surface area contributed by atoms with Crippen molar-refractivity contribution in [3.63, 3.8) is 0 Å². The molecule has 2 amide bonds. The molecule has 1 aromatic heterocycles. The summed E-state index contributed by atoms with van der Waals surface area (Å²) in [6.07, 6.45) is 0. The van der Waals surface area contributed by atoms with Crippen molar-refractivity contribution < 1.29 is 14.3 Å². The molecule has 7 heteroatoms. The molecular weight excluding hydrogens is 430 g/mol. The highest BCUT2D eigenvalue weighted by Crippen LogP contribution is 2.24. The van der Waals surface area contributed by atoms with Gasteiger partial charge in [-0.1, -0.05) is 42.0 Å². The first-order valence-corrected chi connectivity index (χ1v) is 10.9. The predicted octanol–water partition coefficient (Wildman–Crippen LogP) is 5.09. The number of rotatable bonds is 7. The molecule has 0 atom stereocenters. The number of benzene rings is 3. The number of para-hydroxylation sites is 2. The Balaban J connectivity index is 1.66. The standard InChI is InChI=1S/C27H27N3O4/c1-18-8-10-19(11-9-18)16-30(27(32)29-23-6-4-5-7-25(23)34-3)17-21-14-20-12-13-22(33-2)15-24(20)28-26(21)31/h4-15H,16-17H2,1-3H3,(H,28,31)(H,29,32). The number of hydrogen-bond acceptors (Lipinski definition) is 4. The molecule has 0 spiro atoms. The Bertz CT molecular complexity index is 1360. The second kappa shape index (κ2) is 10.1. The zero-order chi connectivity index (χ0) is 24.1. The van der Waals surface area contributed by atoms with Crippen molar-refractivity contribution in [1.29, 1.82) is 0 Å². The number of nitrogens with one attached hydrogen (secondary N) is 2. The number of aromatic amines is 1. The van der Waals surface area contributed by atoms with Crippen molar-refractivity contribution in [3.8, 4) is 11.5 Å². The van der Waals surface area contributed by atoms with Crippen LogP contribution >= 0.6 is 0 Å². The highest BCUT2D eigenvalue weighted by Gasteiger charge is 2.18. The van der Waals surface area contributed by atoms with E-state index in [1.165, 1.54) is 0 Å². The Morgan fingerprint density at radius 2 is 1.71 bits per heavy atom. The number of carbonyl (C=O) groups excluding carboxylic acids is 1. The van der Waals surface area contributed by atoms with Gasteiger partial charge in [0.25, 0.3) is 5.56 Å². The molecule has 0 bridgehead atoms. The van der Waals surface area contributed by atoms with Gasteiger partial charge in [0.05, 0.1) is 32.0 Å². The molecule has 1 heterocycles. The number of pyridine rings is 1. The topological polar surface area (TPSA) is 83.7 Å². The molecule has 7 nitrogen and oxygen atoms in total. The van der Waals surface area contributed by atoms with E-state index < -0.39 is 0 Å². The smallest absolute Gasteiger partial charge is 0.322 e. The number of nitrogens with zero attached hydrogens (tertiary/aromatic N) is 1. The quantitative estimate of drug-likeness (QED) is 0.405. The minimum Gasteiger partial charge on any atom is -0.497 e. The van der Waals surface area contributed by atoms with E-state index >= 15 is 0 Å². The van der Waals surface area contributed by atoms with Crippen LogP contribution in [0.25, 0.3) is 10.9 Å². The van der Waals surface area contributed by atoms with Gasteiger partial charge in [-0.3, -0.25) is 4.79 Å². The first kappa shape index (κ1) is 22.9. The summed E-state index contributed by atoms with van der Waals surface area (Å²) in [5, 5.41) is 3.78. The van der Waals surface area contributed by atoms with Crippen LogP contribution in [0.15, 0.2) is 77.6 Å². The van der Waals surface area contributed by atoms with E-state index in [2.05, 4.69) is 10.3 Å². The summed E-state index contributed by atoms with van der Waals surface area (Å²) in [6, 6.07) is 22.2. The fraction of sp³-hybridized carbons (Fsp3) is 0.185. The van der Waals surface area contributed by atoms with Crippen LogP contribution in [0.1, 0.15) is 16.7 Å². The number of anilines is 1. The van der Waals surface area contributed by atoms with Crippen LogP contribution in [0.5, 0.6) is 11.5 Å². The lowest BCUT2D eigenvalue weighted by Gasteiger charge is -2.24. The molecule has 0 saturated heterocycles. The monoisotopic (exact) mass is 457 g/mol. The zero-order valence-corrected chi connectivity index (χ0v) is 19.4. The molecule has 174 valence electrons. The number of hydrogen-bond donors (Lipinski definition) is 2. The van der Waals surface area contributed by atoms with E-state index in [0.29, 0.717) is 34.8 Å². The van der Waals surface area contributed by atoms with Gasteiger partial charge >= 0.3 is 6.03 Å². The minimum absolute atomic E-state index is 0.131. The number of fused-ring (bicyclic) bond motifs is 1. The van der Waals surface area contributed by atoms with Gasteiger partial charge in [-0.05, 0) is 48.2 Å². The maximum atomic E-state index is 13.3. The molecule has 0 aliphatic rings. The summed E-state index contributed by atoms with van der Waals surface area (Å²) in [6.45, 7) is 2.48. The van der Waals surface area contributed by atoms with Gasteiger partial charge in [0, 0.05) is 18.2 Å². The summed E-state index contributed by atoms with van der Waals surface area (Å²) >= 11 is 0. The number of H-pyrrole nitrogens is 1. The summed E-state index contributed by atoms with van der Waals surface area (Å²) in [5.41, 5.74) is 3.57. The summed E-state index contributed by atoms with van der Waals surface area (Å²) in [7, 11) is 3.13. The van der Waals surface area contributed by atoms with E-state index in [1.807, 2.05) is 61.5 Å². The van der Waals surface area contributed by atoms with Crippen LogP contribution in [0, 0.1) is 6.92 Å². The van der Waals surface area contributed by atoms with E-state index in [4.69, 9.17) is 9.47 Å². The SMILES string of the molecule is COc1ccc2cc(CN(Cc3ccc(C)cc3)C(=O)Nc3ccccc3OC)c(=O)[nH]c2c1. The number of aryl methyl sites for hydroxylation is 1. The number of amides is 2. The molecule has 3 aromatic carbocycles. The predicted molar refractivity (Wildman–Crippen MR) is 134 cm³/mol. The third kappa shape index (κ3) is 5.20. The average molecular weight is 458 g/mol. The summed E-state index contributed by atoms with van der Waals surface area (Å²) < 4.78 is 10.6. The van der Waals surface area contributed by atoms with Crippen molar-refractivity contribution in [1.82, 2.24) is 9.88 Å². The van der Waals surface area contributed by atoms with E-state index in [-0.39, 0.29) is 18.1 Å². The van der Waals surface area contributed by atoms with Gasteiger partial charge in [-0.15, -0.1) is 0 Å². The lowest BCUT2D eigenvalue weighted by atomic mass is 10.1. The average Bonchev–Trinajstić information content (AvgIpc) is 2.85. The third-order valence-electron chi connectivity index (χ3n) is 5.62. The van der Waals surface area contributed by atoms with E-state index in [9.17, 15) is 9.59 Å². The van der Waals surface area contributed by atoms with Crippen LogP contribution in [0.3, 0.4) is 0 Å². The summed E-state index contributed by atoms with van der Waals surface area (Å²) in [5.74, 6) is 1.22. The van der Waals surface area contributed by atoms with Gasteiger partial charge < -0.3 is 24.7 Å². The second-order valence-electron chi connectivity index (χ2n) is 8.05. The molecule has 0 unspecified atom stereocenters. The number of aromatic nitrogens is 1. The molecule has 0 aliphatic carbocycles. The van der Waals surface area contributed by atoms with Crippen LogP contribution in [-0.2, 0) is 13.1 Å². The third-order valence-corrected chi connectivity index (χ3v) is 5.62. The Hall–Kier alpha value is -4.26. The van der Waals surface area contributed by atoms with Crippen molar-refractivity contribution in [2.75, 3.05) is 19.5 Å². The maximum Gasteiger partial charge on any atom is 0.322 e. The Labute approximate surface area is 197 Å². The van der Waals surface area contributed by atoms with Gasteiger partial charge in [0.1, 0.15) is 11.5 Å². The highest BCUT2D eigenvalue weighted by atomic mass is 16.5. The van der Waals surface area contributed by atoms with Crippen molar-refractivity contribution >= 4 is 22.6 Å². The second-order valence-corrected chi connectivity index (χ2v) is 8.05. The van der Waals surface area contributed by atoms with Crippen LogP contribution < -0.4 is 20.3 Å². The fourth-order valence-electron chi connectivity index (χ4n) is 3.73. The van der Waals surface area contributed by atoms with Gasteiger partial charge in [-0.25, -0.2) is 4.79 Å². The van der Waals surface area contributed by atoms with Gasteiger partial charge in [0.15, 0.2) is 0 Å².